The van der Waals surface area contributed by atoms with Crippen molar-refractivity contribution in [3.63, 3.8) is 0 Å². The third-order valence-electron chi connectivity index (χ3n) is 11.1. The number of fused-ring (bicyclic) bond motifs is 8. The summed E-state index contributed by atoms with van der Waals surface area (Å²) in [6.45, 7) is 18.3. The van der Waals surface area contributed by atoms with E-state index in [2.05, 4.69) is 52.5 Å². The molecular weight excluding hydrogens is 796 g/mol. The molecular formula is C49H54FeN4O6-. The molecule has 60 heavy (non-hydrogen) atoms. The van der Waals surface area contributed by atoms with Gasteiger partial charge in [0, 0.05) is 23.1 Å². The molecule has 0 amide bonds. The molecule has 0 fully saturated rings. The van der Waals surface area contributed by atoms with E-state index in [0.717, 1.165) is 42.4 Å². The van der Waals surface area contributed by atoms with Gasteiger partial charge in [0.1, 0.15) is 0 Å². The first-order valence-electron chi connectivity index (χ1n) is 20.3. The molecule has 10 nitrogen and oxygen atoms in total. The van der Waals surface area contributed by atoms with Crippen LogP contribution in [0.15, 0.2) is 71.9 Å². The number of carboxylic acids is 2. The largest absolute Gasteiger partial charge is 3.00 e. The van der Waals surface area contributed by atoms with Gasteiger partial charge in [-0.05, 0) is 129 Å². The summed E-state index contributed by atoms with van der Waals surface area (Å²) in [5, 5.41) is 35.0. The SMILES string of the molecule is C=CC1=C(C)c2cc3[n-]c(cc4nc(cc5[n-]c(cc1n2)c(C)c5CCC(=O)[O-])C(CCC(=O)[O-])=C4C=O)c(C)c3[C@@H](O)CC/C=C(\C)CC/C=C(\C)CCC=C(C)C.[Fe+3]. The van der Waals surface area contributed by atoms with Crippen molar-refractivity contribution in [2.45, 2.75) is 119 Å². The first-order valence-corrected chi connectivity index (χ1v) is 20.3. The Morgan fingerprint density at radius 1 is 0.717 bits per heavy atom. The second-order valence-corrected chi connectivity index (χ2v) is 15.8. The molecule has 2 aliphatic rings. The van der Waals surface area contributed by atoms with Gasteiger partial charge in [-0.2, -0.15) is 0 Å². The maximum Gasteiger partial charge on any atom is 3.00 e. The molecule has 1 radical (unpaired) electrons. The van der Waals surface area contributed by atoms with Crippen LogP contribution in [-0.4, -0.2) is 33.3 Å². The number of carbonyl (C=O) groups excluding carboxylic acids is 3. The Bertz CT molecular complexity index is 2490. The Balaban J connectivity index is 0.00000794. The summed E-state index contributed by atoms with van der Waals surface area (Å²) in [6, 6.07) is 7.03. The number of aryl methyl sites for hydroxylation is 3. The van der Waals surface area contributed by atoms with Crippen LogP contribution < -0.4 is 20.2 Å². The van der Waals surface area contributed by atoms with Gasteiger partial charge in [-0.25, -0.2) is 9.97 Å². The minimum absolute atomic E-state index is 0. The fourth-order valence-corrected chi connectivity index (χ4v) is 7.71. The number of carbonyl (C=O) groups is 3. The van der Waals surface area contributed by atoms with Gasteiger partial charge >= 0.3 is 17.1 Å². The summed E-state index contributed by atoms with van der Waals surface area (Å²) >= 11 is 0. The van der Waals surface area contributed by atoms with E-state index >= 15 is 0 Å². The van der Waals surface area contributed by atoms with E-state index in [1.807, 2.05) is 32.9 Å². The van der Waals surface area contributed by atoms with Crippen molar-refractivity contribution in [1.82, 2.24) is 19.9 Å². The Kier molecular flexibility index (Phi) is 16.8. The van der Waals surface area contributed by atoms with Gasteiger partial charge in [0.2, 0.25) is 0 Å². The third-order valence-corrected chi connectivity index (χ3v) is 11.1. The molecule has 315 valence electrons. The Morgan fingerprint density at radius 2 is 1.25 bits per heavy atom. The molecule has 3 aromatic heterocycles. The topological polar surface area (TPSA) is 172 Å². The molecule has 11 heteroatoms. The average Bonchev–Trinajstić information content (AvgIpc) is 3.85. The molecule has 8 bridgehead atoms. The van der Waals surface area contributed by atoms with Gasteiger partial charge in [0.25, 0.3) is 0 Å². The smallest absolute Gasteiger partial charge is 0.657 e. The van der Waals surface area contributed by atoms with Crippen LogP contribution in [0.1, 0.15) is 144 Å². The van der Waals surface area contributed by atoms with Crippen LogP contribution in [0.25, 0.3) is 44.4 Å². The van der Waals surface area contributed by atoms with Gasteiger partial charge in [0.05, 0.1) is 28.9 Å². The van der Waals surface area contributed by atoms with Crippen molar-refractivity contribution >= 4 is 62.6 Å². The molecule has 0 saturated heterocycles. The van der Waals surface area contributed by atoms with E-state index in [0.29, 0.717) is 80.5 Å². The zero-order chi connectivity index (χ0) is 43.0. The zero-order valence-electron chi connectivity index (χ0n) is 35.7. The summed E-state index contributed by atoms with van der Waals surface area (Å²) in [4.78, 5) is 55.7. The van der Waals surface area contributed by atoms with E-state index in [-0.39, 0.29) is 54.0 Å². The number of aliphatic hydroxyl groups excluding tert-OH is 1. The summed E-state index contributed by atoms with van der Waals surface area (Å²) in [5.74, 6) is -2.49. The minimum atomic E-state index is -1.28. The number of aliphatic hydroxyl groups is 1. The van der Waals surface area contributed by atoms with Gasteiger partial charge in [-0.3, -0.25) is 4.79 Å². The molecule has 0 unspecified atom stereocenters. The van der Waals surface area contributed by atoms with E-state index in [1.54, 1.807) is 18.2 Å². The maximum absolute atomic E-state index is 12.8. The molecule has 0 aromatic carbocycles. The molecule has 0 saturated carbocycles. The Labute approximate surface area is 363 Å². The number of nitrogens with zero attached hydrogens (tertiary/aromatic N) is 4. The van der Waals surface area contributed by atoms with Crippen molar-refractivity contribution in [2.75, 3.05) is 0 Å². The van der Waals surface area contributed by atoms with Crippen LogP contribution in [0, 0.1) is 13.8 Å². The second-order valence-electron chi connectivity index (χ2n) is 15.8. The predicted octanol–water partition coefficient (Wildman–Crippen LogP) is 7.86. The normalized spacial score (nSPS) is 13.6. The van der Waals surface area contributed by atoms with Gasteiger partial charge in [-0.15, -0.1) is 22.1 Å². The van der Waals surface area contributed by atoms with Crippen LogP contribution >= 0.6 is 0 Å². The van der Waals surface area contributed by atoms with Gasteiger partial charge in [-0.1, -0.05) is 88.6 Å². The van der Waals surface area contributed by atoms with E-state index in [9.17, 15) is 29.7 Å². The average molecular weight is 851 g/mol. The van der Waals surface area contributed by atoms with Crippen LogP contribution in [0.5, 0.6) is 0 Å². The number of aromatic nitrogens is 4. The van der Waals surface area contributed by atoms with Crippen molar-refractivity contribution < 1.29 is 46.8 Å². The molecule has 2 aliphatic heterocycles. The monoisotopic (exact) mass is 850 g/mol. The molecule has 0 spiro atoms. The van der Waals surface area contributed by atoms with Crippen LogP contribution in [0.2, 0.25) is 0 Å². The number of rotatable bonds is 18. The van der Waals surface area contributed by atoms with Gasteiger partial charge < -0.3 is 34.9 Å². The summed E-state index contributed by atoms with van der Waals surface area (Å²) in [6.07, 6.45) is 12.9. The van der Waals surface area contributed by atoms with Crippen LogP contribution in [-0.2, 0) is 37.9 Å². The fourth-order valence-electron chi connectivity index (χ4n) is 7.71. The summed E-state index contributed by atoms with van der Waals surface area (Å²) < 4.78 is 0. The molecule has 1 atom stereocenters. The number of aliphatic carboxylic acids is 2. The Morgan fingerprint density at radius 3 is 1.87 bits per heavy atom. The van der Waals surface area contributed by atoms with Crippen LogP contribution in [0.4, 0.5) is 0 Å². The summed E-state index contributed by atoms with van der Waals surface area (Å²) in [5.41, 5.74) is 12.9. The molecule has 3 aromatic rings. The van der Waals surface area contributed by atoms with Crippen LogP contribution in [0.3, 0.4) is 0 Å². The molecule has 5 heterocycles. The number of hydrogen-bond donors (Lipinski definition) is 1. The standard InChI is InChI=1S/C49H58N4O6.Fe/c1-9-34-31(6)39-25-45-49(46(55)18-12-17-30(5)16-11-15-29(4)14-10-13-28(2)3)33(8)40(52-45)24-44-37(27-54)36(20-22-48(58)59)43(53-44)26-42-35(19-21-47(56)57)32(7)38(51-42)23-41(34)50-39;/h9,13,15,17,23-27,46,55H,1,10-12,14,16,18-22H2,2-8H3,(H4,50,51,52,53,54,56,57,58,59);/q;+3/p-4/b29-15+,30-17+,38-23?,39-25?,40-24?,41-23?,42-26?,43-26?,44-24?,45-25?;/t46-;/m0./s1. The summed E-state index contributed by atoms with van der Waals surface area (Å²) in [7, 11) is 0. The van der Waals surface area contributed by atoms with E-state index in [1.165, 1.54) is 16.7 Å². The maximum atomic E-state index is 12.8. The van der Waals surface area contributed by atoms with E-state index < -0.39 is 18.0 Å². The quantitative estimate of drug-likeness (QED) is 0.0755. The van der Waals surface area contributed by atoms with Crippen molar-refractivity contribution in [3.8, 4) is 0 Å². The number of aldehydes is 1. The van der Waals surface area contributed by atoms with Crippen molar-refractivity contribution in [1.29, 1.82) is 0 Å². The van der Waals surface area contributed by atoms with Crippen molar-refractivity contribution in [2.24, 2.45) is 0 Å². The van der Waals surface area contributed by atoms with Gasteiger partial charge in [0.15, 0.2) is 6.29 Å². The number of hydrogen-bond acceptors (Lipinski definition) is 8. The molecule has 1 N–H and O–H groups in total. The molecule has 0 aliphatic carbocycles. The van der Waals surface area contributed by atoms with E-state index in [4.69, 9.17) is 19.9 Å². The first kappa shape index (κ1) is 47.3. The first-order chi connectivity index (χ1) is 28.1. The Hall–Kier alpha value is -5.35. The molecule has 5 rings (SSSR count). The minimum Gasteiger partial charge on any atom is -0.657 e. The fraction of sp³-hybridized carbons (Fsp3) is 0.367. The zero-order valence-corrected chi connectivity index (χ0v) is 36.8. The number of carboxylic acid groups (broad SMARTS) is 2. The van der Waals surface area contributed by atoms with Crippen molar-refractivity contribution in [3.05, 3.63) is 117 Å². The second kappa shape index (κ2) is 21.3. The third kappa shape index (κ3) is 11.5. The number of allylic oxidation sites excluding steroid dienone is 11. The predicted molar refractivity (Wildman–Crippen MR) is 231 cm³/mol.